The molecule has 0 aromatic heterocycles. The van der Waals surface area contributed by atoms with Crippen LogP contribution in [0.1, 0.15) is 0 Å². The fourth-order valence-corrected chi connectivity index (χ4v) is 4.14. The van der Waals surface area contributed by atoms with E-state index < -0.39 is 22.0 Å². The van der Waals surface area contributed by atoms with Crippen molar-refractivity contribution in [2.24, 2.45) is 0 Å². The van der Waals surface area contributed by atoms with Crippen molar-refractivity contribution in [1.82, 2.24) is 0 Å². The Kier molecular flexibility index (Phi) is 3.99. The Morgan fingerprint density at radius 2 is 1.72 bits per heavy atom. The van der Waals surface area contributed by atoms with E-state index >= 15 is 0 Å². The fourth-order valence-electron chi connectivity index (χ4n) is 1.80. The lowest BCUT2D eigenvalue weighted by molar-refractivity contribution is 0.190. The number of halogens is 3. The number of rotatable bonds is 2. The number of sulfone groups is 1. The van der Waals surface area contributed by atoms with Gasteiger partial charge in [-0.25, -0.2) is 8.42 Å². The van der Waals surface area contributed by atoms with Crippen LogP contribution in [0.5, 0.6) is 0 Å². The van der Waals surface area contributed by atoms with E-state index in [-0.39, 0.29) is 11.5 Å². The van der Waals surface area contributed by atoms with Crippen molar-refractivity contribution in [2.45, 2.75) is 12.1 Å². The number of aliphatic hydroxyl groups is 1. The van der Waals surface area contributed by atoms with Crippen LogP contribution in [-0.4, -0.2) is 37.2 Å². The molecule has 2 rings (SSSR count). The first kappa shape index (κ1) is 14.2. The average molecular weight is 331 g/mol. The Balaban J connectivity index is 2.23. The summed E-state index contributed by atoms with van der Waals surface area (Å²) in [5, 5.41) is 13.5. The molecule has 1 aromatic carbocycles. The topological polar surface area (TPSA) is 66.4 Å². The molecule has 100 valence electrons. The smallest absolute Gasteiger partial charge is 0.155 e. The molecule has 1 fully saturated rings. The molecule has 0 amide bonds. The van der Waals surface area contributed by atoms with Gasteiger partial charge in [0.25, 0.3) is 0 Å². The van der Waals surface area contributed by atoms with Crippen molar-refractivity contribution >= 4 is 50.3 Å². The van der Waals surface area contributed by atoms with Crippen molar-refractivity contribution in [3.8, 4) is 0 Å². The number of aliphatic hydroxyl groups excluding tert-OH is 1. The van der Waals surface area contributed by atoms with Crippen molar-refractivity contribution in [3.05, 3.63) is 27.2 Å². The van der Waals surface area contributed by atoms with Crippen LogP contribution in [-0.2, 0) is 9.84 Å². The van der Waals surface area contributed by atoms with Crippen LogP contribution in [0.3, 0.4) is 0 Å². The van der Waals surface area contributed by atoms with Gasteiger partial charge in [-0.3, -0.25) is 0 Å². The lowest BCUT2D eigenvalue weighted by Crippen LogP contribution is -2.31. The molecule has 0 spiro atoms. The van der Waals surface area contributed by atoms with Crippen LogP contribution in [0.2, 0.25) is 15.1 Å². The third-order valence-electron chi connectivity index (χ3n) is 2.67. The molecule has 0 bridgehead atoms. The molecule has 18 heavy (non-hydrogen) atoms. The number of benzene rings is 1. The van der Waals surface area contributed by atoms with Gasteiger partial charge in [-0.15, -0.1) is 0 Å². The van der Waals surface area contributed by atoms with E-state index in [1.165, 1.54) is 12.1 Å². The second kappa shape index (κ2) is 5.06. The van der Waals surface area contributed by atoms with Crippen LogP contribution in [0.25, 0.3) is 0 Å². The minimum atomic E-state index is -3.21. The molecule has 2 N–H and O–H groups in total. The van der Waals surface area contributed by atoms with Gasteiger partial charge in [0.05, 0.1) is 44.4 Å². The fraction of sp³-hybridized carbons (Fsp3) is 0.400. The molecule has 0 unspecified atom stereocenters. The summed E-state index contributed by atoms with van der Waals surface area (Å²) in [6.07, 6.45) is -0.958. The van der Waals surface area contributed by atoms with Crippen LogP contribution in [0, 0.1) is 0 Å². The molecular formula is C10H10Cl3NO3S. The van der Waals surface area contributed by atoms with Gasteiger partial charge in [0.15, 0.2) is 9.84 Å². The minimum absolute atomic E-state index is 0.134. The Labute approximate surface area is 120 Å². The molecule has 1 aliphatic rings. The number of nitrogens with one attached hydrogen (secondary N) is 1. The third-order valence-corrected chi connectivity index (χ3v) is 5.42. The van der Waals surface area contributed by atoms with E-state index in [0.29, 0.717) is 20.8 Å². The Hall–Kier alpha value is -0.200. The van der Waals surface area contributed by atoms with E-state index in [0.717, 1.165) is 0 Å². The summed E-state index contributed by atoms with van der Waals surface area (Å²) in [7, 11) is -3.21. The summed E-state index contributed by atoms with van der Waals surface area (Å²) < 4.78 is 22.7. The second-order valence-corrected chi connectivity index (χ2v) is 7.52. The molecule has 4 nitrogen and oxygen atoms in total. The van der Waals surface area contributed by atoms with E-state index in [9.17, 15) is 13.5 Å². The molecule has 1 heterocycles. The van der Waals surface area contributed by atoms with E-state index in [2.05, 4.69) is 5.32 Å². The molecule has 0 saturated carbocycles. The van der Waals surface area contributed by atoms with Crippen LogP contribution < -0.4 is 5.32 Å². The Bertz CT molecular complexity index is 576. The predicted molar refractivity (Wildman–Crippen MR) is 73.5 cm³/mol. The van der Waals surface area contributed by atoms with Crippen molar-refractivity contribution in [2.75, 3.05) is 16.8 Å². The highest BCUT2D eigenvalue weighted by molar-refractivity contribution is 7.91. The maximum absolute atomic E-state index is 11.4. The van der Waals surface area contributed by atoms with Gasteiger partial charge in [0.2, 0.25) is 0 Å². The first-order valence-corrected chi connectivity index (χ1v) is 8.03. The normalized spacial score (nSPS) is 26.2. The molecule has 0 aliphatic carbocycles. The first-order valence-electron chi connectivity index (χ1n) is 5.08. The van der Waals surface area contributed by atoms with Gasteiger partial charge < -0.3 is 10.4 Å². The number of anilines is 1. The van der Waals surface area contributed by atoms with Crippen molar-refractivity contribution in [3.63, 3.8) is 0 Å². The summed E-state index contributed by atoms with van der Waals surface area (Å²) >= 11 is 17.6. The predicted octanol–water partition coefficient (Wildman–Crippen LogP) is 2.22. The Morgan fingerprint density at radius 1 is 1.11 bits per heavy atom. The van der Waals surface area contributed by atoms with Gasteiger partial charge in [-0.05, 0) is 12.1 Å². The zero-order chi connectivity index (χ0) is 13.5. The second-order valence-electron chi connectivity index (χ2n) is 4.14. The van der Waals surface area contributed by atoms with E-state index in [1.807, 2.05) is 0 Å². The highest BCUT2D eigenvalue weighted by Crippen LogP contribution is 2.33. The summed E-state index contributed by atoms with van der Waals surface area (Å²) in [5.41, 5.74) is 0.451. The summed E-state index contributed by atoms with van der Waals surface area (Å²) in [6, 6.07) is 2.37. The summed E-state index contributed by atoms with van der Waals surface area (Å²) in [4.78, 5) is 0. The zero-order valence-corrected chi connectivity index (χ0v) is 12.1. The Morgan fingerprint density at radius 3 is 2.28 bits per heavy atom. The quantitative estimate of drug-likeness (QED) is 0.816. The third kappa shape index (κ3) is 3.03. The van der Waals surface area contributed by atoms with Gasteiger partial charge in [-0.1, -0.05) is 34.8 Å². The monoisotopic (exact) mass is 329 g/mol. The van der Waals surface area contributed by atoms with Gasteiger partial charge in [0, 0.05) is 0 Å². The lowest BCUT2D eigenvalue weighted by Gasteiger charge is -2.17. The molecule has 2 atom stereocenters. The molecular weight excluding hydrogens is 321 g/mol. The summed E-state index contributed by atoms with van der Waals surface area (Å²) in [6.45, 7) is 0. The van der Waals surface area contributed by atoms with Gasteiger partial charge in [0.1, 0.15) is 0 Å². The maximum atomic E-state index is 11.4. The van der Waals surface area contributed by atoms with Crippen LogP contribution >= 0.6 is 34.8 Å². The zero-order valence-electron chi connectivity index (χ0n) is 9.03. The molecule has 1 saturated heterocycles. The highest BCUT2D eigenvalue weighted by Gasteiger charge is 2.36. The number of hydrogen-bond donors (Lipinski definition) is 2. The molecule has 8 heteroatoms. The largest absolute Gasteiger partial charge is 0.390 e. The standard InChI is InChI=1S/C10H10Cl3NO3S/c11-5-1-7(13)8(2-6(5)12)14-9-3-18(16,17)4-10(9)15/h1-2,9-10,14-15H,3-4H2/t9-,10+/m0/s1. The van der Waals surface area contributed by atoms with Crippen molar-refractivity contribution < 1.29 is 13.5 Å². The van der Waals surface area contributed by atoms with Gasteiger partial charge in [-0.2, -0.15) is 0 Å². The van der Waals surface area contributed by atoms with Crippen LogP contribution in [0.4, 0.5) is 5.69 Å². The average Bonchev–Trinajstić information content (AvgIpc) is 2.48. The maximum Gasteiger partial charge on any atom is 0.155 e. The lowest BCUT2D eigenvalue weighted by atomic mass is 10.2. The van der Waals surface area contributed by atoms with Gasteiger partial charge >= 0.3 is 0 Å². The highest BCUT2D eigenvalue weighted by atomic mass is 35.5. The molecule has 1 aliphatic heterocycles. The van der Waals surface area contributed by atoms with Crippen LogP contribution in [0.15, 0.2) is 12.1 Å². The molecule has 0 radical (unpaired) electrons. The number of hydrogen-bond acceptors (Lipinski definition) is 4. The minimum Gasteiger partial charge on any atom is -0.390 e. The summed E-state index contributed by atoms with van der Waals surface area (Å²) in [5.74, 6) is -0.381. The van der Waals surface area contributed by atoms with Crippen molar-refractivity contribution in [1.29, 1.82) is 0 Å². The SMILES string of the molecule is O=S1(=O)C[C@@H](O)[C@@H](Nc2cc(Cl)c(Cl)cc2Cl)C1. The van der Waals surface area contributed by atoms with E-state index in [1.54, 1.807) is 0 Å². The van der Waals surface area contributed by atoms with E-state index in [4.69, 9.17) is 34.8 Å². The molecule has 1 aromatic rings. The first-order chi connectivity index (χ1) is 8.28.